The smallest absolute Gasteiger partial charge is 0.119 e. The van der Waals surface area contributed by atoms with Crippen LogP contribution in [-0.4, -0.2) is 18.8 Å². The Morgan fingerprint density at radius 1 is 1.35 bits per heavy atom. The van der Waals surface area contributed by atoms with Crippen LogP contribution < -0.4 is 4.74 Å². The summed E-state index contributed by atoms with van der Waals surface area (Å²) in [5.74, 6) is 2.74. The standard InChI is InChI=1S/C15H20O2/c1-17-14-4-2-3-11(5-14)7-15(10-16)8-12-6-13(12)9-15/h2-5,12-13,16H,6-10H2,1H3. The van der Waals surface area contributed by atoms with Crippen LogP contribution in [0.25, 0.3) is 0 Å². The summed E-state index contributed by atoms with van der Waals surface area (Å²) >= 11 is 0. The largest absolute Gasteiger partial charge is 0.497 e. The molecule has 1 aromatic rings. The summed E-state index contributed by atoms with van der Waals surface area (Å²) in [6.07, 6.45) is 4.82. The quantitative estimate of drug-likeness (QED) is 0.864. The lowest BCUT2D eigenvalue weighted by molar-refractivity contribution is 0.117. The third-order valence-electron chi connectivity index (χ3n) is 4.51. The average molecular weight is 232 g/mol. The van der Waals surface area contributed by atoms with Gasteiger partial charge in [-0.05, 0) is 60.6 Å². The fraction of sp³-hybridized carbons (Fsp3) is 0.600. The number of ether oxygens (including phenoxy) is 1. The Morgan fingerprint density at radius 3 is 2.76 bits per heavy atom. The monoisotopic (exact) mass is 232 g/mol. The maximum absolute atomic E-state index is 9.71. The molecule has 1 aromatic carbocycles. The van der Waals surface area contributed by atoms with Crippen LogP contribution in [0.2, 0.25) is 0 Å². The third kappa shape index (κ3) is 2.06. The van der Waals surface area contributed by atoms with Gasteiger partial charge < -0.3 is 9.84 Å². The minimum atomic E-state index is 0.153. The second-order valence-corrected chi connectivity index (χ2v) is 5.85. The van der Waals surface area contributed by atoms with Gasteiger partial charge in [-0.3, -0.25) is 0 Å². The molecule has 0 aliphatic heterocycles. The van der Waals surface area contributed by atoms with Crippen molar-refractivity contribution < 1.29 is 9.84 Å². The van der Waals surface area contributed by atoms with Gasteiger partial charge in [-0.25, -0.2) is 0 Å². The molecule has 0 radical (unpaired) electrons. The van der Waals surface area contributed by atoms with Crippen LogP contribution >= 0.6 is 0 Å². The lowest BCUT2D eigenvalue weighted by Gasteiger charge is -2.28. The van der Waals surface area contributed by atoms with E-state index in [1.54, 1.807) is 7.11 Å². The van der Waals surface area contributed by atoms with Crippen molar-refractivity contribution in [1.29, 1.82) is 0 Å². The van der Waals surface area contributed by atoms with Gasteiger partial charge in [-0.2, -0.15) is 0 Å². The van der Waals surface area contributed by atoms with Crippen LogP contribution in [0.5, 0.6) is 5.75 Å². The van der Waals surface area contributed by atoms with Gasteiger partial charge in [-0.1, -0.05) is 12.1 Å². The molecule has 0 spiro atoms. The highest BCUT2D eigenvalue weighted by atomic mass is 16.5. The van der Waals surface area contributed by atoms with E-state index >= 15 is 0 Å². The molecular weight excluding hydrogens is 212 g/mol. The van der Waals surface area contributed by atoms with Crippen molar-refractivity contribution in [2.45, 2.75) is 25.7 Å². The average Bonchev–Trinajstić information content (AvgIpc) is 2.98. The number of hydrogen-bond donors (Lipinski definition) is 1. The molecule has 0 bridgehead atoms. The Labute approximate surface area is 103 Å². The molecule has 2 aliphatic carbocycles. The Kier molecular flexibility index (Phi) is 2.62. The van der Waals surface area contributed by atoms with Crippen LogP contribution in [0.4, 0.5) is 0 Å². The van der Waals surface area contributed by atoms with Gasteiger partial charge >= 0.3 is 0 Å². The molecule has 0 saturated heterocycles. The fourth-order valence-corrected chi connectivity index (χ4v) is 3.55. The SMILES string of the molecule is COc1cccc(CC2(CO)CC3CC3C2)c1. The predicted molar refractivity (Wildman–Crippen MR) is 67.0 cm³/mol. The number of aliphatic hydroxyl groups is 1. The zero-order valence-corrected chi connectivity index (χ0v) is 10.4. The molecule has 2 fully saturated rings. The summed E-state index contributed by atoms with van der Waals surface area (Å²) in [4.78, 5) is 0. The van der Waals surface area contributed by atoms with Crippen molar-refractivity contribution in [3.05, 3.63) is 29.8 Å². The number of aliphatic hydroxyl groups excluding tert-OH is 1. The Hall–Kier alpha value is -1.02. The van der Waals surface area contributed by atoms with Crippen LogP contribution in [-0.2, 0) is 6.42 Å². The van der Waals surface area contributed by atoms with Gasteiger partial charge in [0, 0.05) is 6.61 Å². The summed E-state index contributed by atoms with van der Waals surface area (Å²) in [7, 11) is 1.70. The van der Waals surface area contributed by atoms with Crippen molar-refractivity contribution >= 4 is 0 Å². The van der Waals surface area contributed by atoms with Gasteiger partial charge in [0.2, 0.25) is 0 Å². The fourth-order valence-electron chi connectivity index (χ4n) is 3.55. The summed E-state index contributed by atoms with van der Waals surface area (Å²) in [6, 6.07) is 8.25. The molecule has 0 heterocycles. The number of rotatable bonds is 4. The first-order chi connectivity index (χ1) is 8.24. The van der Waals surface area contributed by atoms with E-state index in [1.807, 2.05) is 12.1 Å². The molecular formula is C15H20O2. The van der Waals surface area contributed by atoms with Crippen LogP contribution in [0.3, 0.4) is 0 Å². The molecule has 17 heavy (non-hydrogen) atoms. The molecule has 2 aliphatic rings. The van der Waals surface area contributed by atoms with E-state index in [9.17, 15) is 5.11 Å². The van der Waals surface area contributed by atoms with E-state index in [1.165, 1.54) is 24.8 Å². The number of benzene rings is 1. The van der Waals surface area contributed by atoms with Crippen molar-refractivity contribution in [2.24, 2.45) is 17.3 Å². The minimum Gasteiger partial charge on any atom is -0.497 e. The summed E-state index contributed by atoms with van der Waals surface area (Å²) < 4.78 is 5.25. The molecule has 2 heteroatoms. The maximum Gasteiger partial charge on any atom is 0.119 e. The molecule has 2 unspecified atom stereocenters. The predicted octanol–water partition coefficient (Wildman–Crippen LogP) is 2.65. The number of hydrogen-bond acceptors (Lipinski definition) is 2. The van der Waals surface area contributed by atoms with Crippen molar-refractivity contribution in [3.8, 4) is 5.75 Å². The van der Waals surface area contributed by atoms with Crippen molar-refractivity contribution in [1.82, 2.24) is 0 Å². The number of methoxy groups -OCH3 is 1. The molecule has 2 atom stereocenters. The molecule has 0 amide bonds. The second kappa shape index (κ2) is 4.02. The van der Waals surface area contributed by atoms with Crippen LogP contribution in [0, 0.1) is 17.3 Å². The second-order valence-electron chi connectivity index (χ2n) is 5.85. The van der Waals surface area contributed by atoms with E-state index in [2.05, 4.69) is 12.1 Å². The van der Waals surface area contributed by atoms with Crippen LogP contribution in [0.1, 0.15) is 24.8 Å². The van der Waals surface area contributed by atoms with Crippen molar-refractivity contribution in [2.75, 3.05) is 13.7 Å². The van der Waals surface area contributed by atoms with Gasteiger partial charge in [0.15, 0.2) is 0 Å². The van der Waals surface area contributed by atoms with E-state index < -0.39 is 0 Å². The summed E-state index contributed by atoms with van der Waals surface area (Å²) in [5, 5.41) is 9.71. The Morgan fingerprint density at radius 2 is 2.12 bits per heavy atom. The molecule has 3 rings (SSSR count). The van der Waals surface area contributed by atoms with Gasteiger partial charge in [-0.15, -0.1) is 0 Å². The van der Waals surface area contributed by atoms with E-state index in [-0.39, 0.29) is 5.41 Å². The summed E-state index contributed by atoms with van der Waals surface area (Å²) in [5.41, 5.74) is 1.44. The molecule has 2 nitrogen and oxygen atoms in total. The first-order valence-electron chi connectivity index (χ1n) is 6.48. The van der Waals surface area contributed by atoms with Crippen molar-refractivity contribution in [3.63, 3.8) is 0 Å². The Bertz CT molecular complexity index is 403. The molecule has 0 aromatic heterocycles. The highest BCUT2D eigenvalue weighted by Crippen LogP contribution is 2.60. The van der Waals surface area contributed by atoms with Gasteiger partial charge in [0.1, 0.15) is 5.75 Å². The normalized spacial score (nSPS) is 34.5. The molecule has 92 valence electrons. The van der Waals surface area contributed by atoms with Gasteiger partial charge in [0.05, 0.1) is 7.11 Å². The van der Waals surface area contributed by atoms with E-state index in [0.717, 1.165) is 24.0 Å². The highest BCUT2D eigenvalue weighted by Gasteiger charge is 2.53. The third-order valence-corrected chi connectivity index (χ3v) is 4.51. The maximum atomic E-state index is 9.71. The zero-order valence-electron chi connectivity index (χ0n) is 10.4. The topological polar surface area (TPSA) is 29.5 Å². The zero-order chi connectivity index (χ0) is 11.9. The Balaban J connectivity index is 1.76. The first kappa shape index (κ1) is 11.1. The highest BCUT2D eigenvalue weighted by molar-refractivity contribution is 5.29. The van der Waals surface area contributed by atoms with Gasteiger partial charge in [0.25, 0.3) is 0 Å². The summed E-state index contributed by atoms with van der Waals surface area (Å²) in [6.45, 7) is 0.331. The van der Waals surface area contributed by atoms with Crippen LogP contribution in [0.15, 0.2) is 24.3 Å². The van der Waals surface area contributed by atoms with E-state index in [0.29, 0.717) is 6.61 Å². The lowest BCUT2D eigenvalue weighted by Crippen LogP contribution is -2.26. The molecule has 2 saturated carbocycles. The first-order valence-corrected chi connectivity index (χ1v) is 6.48. The van der Waals surface area contributed by atoms with E-state index in [4.69, 9.17) is 4.74 Å². The number of fused-ring (bicyclic) bond motifs is 1. The molecule has 1 N–H and O–H groups in total. The minimum absolute atomic E-state index is 0.153. The lowest BCUT2D eigenvalue weighted by atomic mass is 9.78.